The van der Waals surface area contributed by atoms with Gasteiger partial charge in [0.2, 0.25) is 0 Å². The van der Waals surface area contributed by atoms with E-state index in [-0.39, 0.29) is 30.0 Å². The molecule has 9 heteroatoms. The zero-order chi connectivity index (χ0) is 17.0. The molecule has 2 N–H and O–H groups in total. The number of amides is 1. The number of H-pyrrole nitrogens is 1. The molecule has 0 atom stereocenters. The number of hydrogen-bond acceptors (Lipinski definition) is 7. The second-order valence-electron chi connectivity index (χ2n) is 5.98. The van der Waals surface area contributed by atoms with Gasteiger partial charge in [-0.25, -0.2) is 9.61 Å². The highest BCUT2D eigenvalue weighted by molar-refractivity contribution is 5.93. The molecule has 124 valence electrons. The number of nitrogens with one attached hydrogen (secondary N) is 2. The first kappa shape index (κ1) is 16.7. The van der Waals surface area contributed by atoms with Crippen molar-refractivity contribution >= 4 is 5.91 Å². The van der Waals surface area contributed by atoms with E-state index in [4.69, 9.17) is 4.74 Å². The minimum atomic E-state index is -0.516. The van der Waals surface area contributed by atoms with E-state index in [1.807, 2.05) is 20.8 Å². The Hall–Kier alpha value is -2.71. The van der Waals surface area contributed by atoms with Gasteiger partial charge in [0.1, 0.15) is 23.7 Å². The first-order valence-corrected chi connectivity index (χ1v) is 7.09. The van der Waals surface area contributed by atoms with E-state index in [1.54, 1.807) is 6.92 Å². The maximum Gasteiger partial charge on any atom is 0.278 e. The molecule has 0 radical (unpaired) electrons. The van der Waals surface area contributed by atoms with Crippen molar-refractivity contribution in [3.8, 4) is 5.88 Å². The fraction of sp³-hybridized carbons (Fsp3) is 0.500. The van der Waals surface area contributed by atoms with Crippen LogP contribution >= 0.6 is 0 Å². The molecule has 0 saturated carbocycles. The van der Waals surface area contributed by atoms with Gasteiger partial charge in [0, 0.05) is 11.6 Å². The number of aromatic amines is 1. The molecule has 2 aromatic heterocycles. The van der Waals surface area contributed by atoms with Gasteiger partial charge in [-0.3, -0.25) is 9.59 Å². The van der Waals surface area contributed by atoms with Crippen LogP contribution < -0.4 is 15.6 Å². The third-order valence-electron chi connectivity index (χ3n) is 2.99. The molecule has 23 heavy (non-hydrogen) atoms. The number of hydrogen-bond donors (Lipinski definition) is 2. The fourth-order valence-electron chi connectivity index (χ4n) is 1.70. The highest BCUT2D eigenvalue weighted by Crippen LogP contribution is 2.15. The monoisotopic (exact) mass is 321 g/mol. The summed E-state index contributed by atoms with van der Waals surface area (Å²) in [6, 6.07) is 0. The number of ether oxygens (including phenoxy) is 1. The maximum atomic E-state index is 12.0. The van der Waals surface area contributed by atoms with E-state index in [1.165, 1.54) is 6.20 Å². The van der Waals surface area contributed by atoms with Gasteiger partial charge < -0.3 is 15.0 Å². The van der Waals surface area contributed by atoms with Gasteiger partial charge in [-0.1, -0.05) is 25.9 Å². The first-order valence-electron chi connectivity index (χ1n) is 7.09. The van der Waals surface area contributed by atoms with Gasteiger partial charge in [0.05, 0.1) is 6.54 Å². The van der Waals surface area contributed by atoms with Gasteiger partial charge in [-0.2, -0.15) is 0 Å². The Morgan fingerprint density at radius 1 is 1.39 bits per heavy atom. The summed E-state index contributed by atoms with van der Waals surface area (Å²) >= 11 is 0. The van der Waals surface area contributed by atoms with Crippen molar-refractivity contribution < 1.29 is 14.2 Å². The SMILES string of the molecule is Cc1nonc1OCCNC(=O)c1cnc(C(C)(C)C)[nH]c1=O. The number of carbonyl (C=O) groups is 1. The summed E-state index contributed by atoms with van der Waals surface area (Å²) in [5, 5.41) is 9.69. The number of rotatable bonds is 5. The van der Waals surface area contributed by atoms with Crippen molar-refractivity contribution in [2.24, 2.45) is 0 Å². The molecule has 0 unspecified atom stereocenters. The van der Waals surface area contributed by atoms with Gasteiger partial charge in [-0.05, 0) is 12.1 Å². The molecule has 0 aliphatic carbocycles. The standard InChI is InChI=1S/C14H19N5O4/c1-8-12(19-23-18-8)22-6-5-15-10(20)9-7-16-13(14(2,3)4)17-11(9)21/h7H,5-6H2,1-4H3,(H,15,20)(H,16,17,21). The molecule has 0 aliphatic rings. The molecular formula is C14H19N5O4. The van der Waals surface area contributed by atoms with Gasteiger partial charge in [0.25, 0.3) is 17.3 Å². The zero-order valence-electron chi connectivity index (χ0n) is 13.5. The minimum Gasteiger partial charge on any atom is -0.472 e. The quantitative estimate of drug-likeness (QED) is 0.771. The molecule has 1 amide bonds. The van der Waals surface area contributed by atoms with Gasteiger partial charge in [-0.15, -0.1) is 0 Å². The van der Waals surface area contributed by atoms with Crippen LogP contribution in [0.25, 0.3) is 0 Å². The van der Waals surface area contributed by atoms with Crippen molar-refractivity contribution in [3.05, 3.63) is 33.6 Å². The lowest BCUT2D eigenvalue weighted by Crippen LogP contribution is -2.34. The maximum absolute atomic E-state index is 12.0. The predicted molar refractivity (Wildman–Crippen MR) is 80.4 cm³/mol. The topological polar surface area (TPSA) is 123 Å². The van der Waals surface area contributed by atoms with Gasteiger partial charge >= 0.3 is 0 Å². The van der Waals surface area contributed by atoms with E-state index in [0.29, 0.717) is 11.5 Å². The lowest BCUT2D eigenvalue weighted by molar-refractivity contribution is 0.0944. The van der Waals surface area contributed by atoms with E-state index in [9.17, 15) is 9.59 Å². The van der Waals surface area contributed by atoms with Crippen molar-refractivity contribution in [2.45, 2.75) is 33.1 Å². The molecule has 2 rings (SSSR count). The van der Waals surface area contributed by atoms with Crippen LogP contribution in [-0.4, -0.2) is 39.3 Å². The highest BCUT2D eigenvalue weighted by atomic mass is 16.6. The molecule has 2 heterocycles. The molecule has 0 saturated heterocycles. The van der Waals surface area contributed by atoms with E-state index in [2.05, 4.69) is 30.2 Å². The molecule has 9 nitrogen and oxygen atoms in total. The van der Waals surface area contributed by atoms with Crippen LogP contribution in [0.5, 0.6) is 5.88 Å². The Morgan fingerprint density at radius 3 is 2.70 bits per heavy atom. The van der Waals surface area contributed by atoms with E-state index < -0.39 is 11.5 Å². The van der Waals surface area contributed by atoms with Crippen LogP contribution in [0.3, 0.4) is 0 Å². The van der Waals surface area contributed by atoms with Crippen molar-refractivity contribution in [1.82, 2.24) is 25.6 Å². The van der Waals surface area contributed by atoms with Crippen molar-refractivity contribution in [3.63, 3.8) is 0 Å². The Kier molecular flexibility index (Phi) is 4.77. The summed E-state index contributed by atoms with van der Waals surface area (Å²) in [5.74, 6) is 0.280. The van der Waals surface area contributed by atoms with Crippen molar-refractivity contribution in [2.75, 3.05) is 13.2 Å². The summed E-state index contributed by atoms with van der Waals surface area (Å²) in [6.45, 7) is 7.82. The molecular weight excluding hydrogens is 302 g/mol. The highest BCUT2D eigenvalue weighted by Gasteiger charge is 2.19. The average Bonchev–Trinajstić information content (AvgIpc) is 2.87. The second-order valence-corrected chi connectivity index (χ2v) is 5.98. The largest absolute Gasteiger partial charge is 0.472 e. The van der Waals surface area contributed by atoms with Crippen LogP contribution in [-0.2, 0) is 5.41 Å². The minimum absolute atomic E-state index is 0.0442. The van der Waals surface area contributed by atoms with Crippen LogP contribution in [0.4, 0.5) is 0 Å². The summed E-state index contributed by atoms with van der Waals surface area (Å²) < 4.78 is 9.75. The Bertz CT molecular complexity index is 744. The summed E-state index contributed by atoms with van der Waals surface area (Å²) in [4.78, 5) is 30.7. The summed E-state index contributed by atoms with van der Waals surface area (Å²) in [5.41, 5.74) is -0.294. The summed E-state index contributed by atoms with van der Waals surface area (Å²) in [6.07, 6.45) is 1.28. The fourth-order valence-corrected chi connectivity index (χ4v) is 1.70. The van der Waals surface area contributed by atoms with Crippen LogP contribution in [0.1, 0.15) is 42.6 Å². The molecule has 0 aliphatic heterocycles. The normalized spacial score (nSPS) is 11.3. The third-order valence-corrected chi connectivity index (χ3v) is 2.99. The molecule has 0 fully saturated rings. The molecule has 0 aromatic carbocycles. The van der Waals surface area contributed by atoms with Crippen LogP contribution in [0, 0.1) is 6.92 Å². The van der Waals surface area contributed by atoms with E-state index in [0.717, 1.165) is 0 Å². The zero-order valence-corrected chi connectivity index (χ0v) is 13.5. The average molecular weight is 321 g/mol. The Balaban J connectivity index is 1.91. The summed E-state index contributed by atoms with van der Waals surface area (Å²) in [7, 11) is 0. The molecule has 2 aromatic rings. The number of carbonyl (C=O) groups excluding carboxylic acids is 1. The number of nitrogens with zero attached hydrogens (tertiary/aromatic N) is 3. The predicted octanol–water partition coefficient (Wildman–Crippen LogP) is 0.568. The van der Waals surface area contributed by atoms with Crippen molar-refractivity contribution in [1.29, 1.82) is 0 Å². The lowest BCUT2D eigenvalue weighted by atomic mass is 9.96. The van der Waals surface area contributed by atoms with E-state index >= 15 is 0 Å². The molecule has 0 bridgehead atoms. The number of aryl methyl sites for hydroxylation is 1. The second kappa shape index (κ2) is 6.59. The Morgan fingerprint density at radius 2 is 2.13 bits per heavy atom. The van der Waals surface area contributed by atoms with Crippen LogP contribution in [0.2, 0.25) is 0 Å². The Labute approximate surface area is 132 Å². The lowest BCUT2D eigenvalue weighted by Gasteiger charge is -2.16. The smallest absolute Gasteiger partial charge is 0.278 e. The number of aromatic nitrogens is 4. The first-order chi connectivity index (χ1) is 10.8. The van der Waals surface area contributed by atoms with Crippen LogP contribution in [0.15, 0.2) is 15.6 Å². The van der Waals surface area contributed by atoms with Gasteiger partial charge in [0.15, 0.2) is 0 Å². The molecule has 0 spiro atoms. The third kappa shape index (κ3) is 4.15.